The molecule has 0 bridgehead atoms. The Morgan fingerprint density at radius 2 is 2.16 bits per heavy atom. The Labute approximate surface area is 188 Å². The van der Waals surface area contributed by atoms with Gasteiger partial charge in [-0.15, -0.1) is 0 Å². The Kier molecular flexibility index (Phi) is 3.69. The molecule has 10 heteroatoms. The number of nitrogens with zero attached hydrogens (tertiary/aromatic N) is 4. The Bertz CT molecular complexity index is 1510. The van der Waals surface area contributed by atoms with Crippen LogP contribution in [0.4, 0.5) is 5.95 Å². The molecule has 6 rings (SSSR count). The van der Waals surface area contributed by atoms with Gasteiger partial charge in [0.2, 0.25) is 16.0 Å². The lowest BCUT2D eigenvalue weighted by Crippen LogP contribution is -2.34. The van der Waals surface area contributed by atoms with Crippen molar-refractivity contribution < 1.29 is 11.2 Å². The number of benzene rings is 1. The summed E-state index contributed by atoms with van der Waals surface area (Å²) in [6.45, 7) is 1.83. The highest BCUT2D eigenvalue weighted by molar-refractivity contribution is 7.89. The van der Waals surface area contributed by atoms with Gasteiger partial charge in [-0.25, -0.2) is 13.1 Å². The fourth-order valence-electron chi connectivity index (χ4n) is 4.92. The number of anilines is 1. The van der Waals surface area contributed by atoms with E-state index in [-0.39, 0.29) is 33.5 Å². The summed E-state index contributed by atoms with van der Waals surface area (Å²) in [6.07, 6.45) is 5.17. The van der Waals surface area contributed by atoms with E-state index in [1.54, 1.807) is 13.2 Å². The van der Waals surface area contributed by atoms with Crippen molar-refractivity contribution in [1.82, 2.24) is 24.1 Å². The molecule has 2 unspecified atom stereocenters. The van der Waals surface area contributed by atoms with Gasteiger partial charge >= 0.3 is 0 Å². The lowest BCUT2D eigenvalue weighted by atomic mass is 10.0. The molecule has 168 valence electrons. The summed E-state index contributed by atoms with van der Waals surface area (Å²) in [4.78, 5) is 17.2. The number of hydrogen-bond acceptors (Lipinski definition) is 6. The van der Waals surface area contributed by atoms with Crippen LogP contribution in [0, 0.1) is 0 Å². The fourth-order valence-corrected chi connectivity index (χ4v) is 6.44. The van der Waals surface area contributed by atoms with Crippen LogP contribution < -0.4 is 15.6 Å². The molecule has 0 radical (unpaired) electrons. The summed E-state index contributed by atoms with van der Waals surface area (Å²) in [5.41, 5.74) is -0.299. The van der Waals surface area contributed by atoms with Crippen LogP contribution in [0.5, 0.6) is 0 Å². The predicted molar refractivity (Wildman–Crippen MR) is 120 cm³/mol. The summed E-state index contributed by atoms with van der Waals surface area (Å²) in [5.74, 6) is 0.412. The Hall–Kier alpha value is -2.72. The van der Waals surface area contributed by atoms with Crippen molar-refractivity contribution in [2.24, 2.45) is 7.05 Å². The minimum Gasteiger partial charge on any atom is -0.351 e. The third-order valence-corrected chi connectivity index (χ3v) is 8.41. The van der Waals surface area contributed by atoms with Crippen molar-refractivity contribution in [2.45, 2.75) is 67.9 Å². The summed E-state index contributed by atoms with van der Waals surface area (Å²) in [5, 5.41) is 7.53. The number of nitrogens with one attached hydrogen (secondary N) is 2. The quantitative estimate of drug-likeness (QED) is 0.608. The molecule has 0 amide bonds. The Morgan fingerprint density at radius 1 is 1.34 bits per heavy atom. The highest BCUT2D eigenvalue weighted by Gasteiger charge is 2.42. The van der Waals surface area contributed by atoms with E-state index < -0.39 is 27.5 Å². The third-order valence-electron chi connectivity index (χ3n) is 6.79. The van der Waals surface area contributed by atoms with E-state index >= 15 is 0 Å². The van der Waals surface area contributed by atoms with Crippen LogP contribution in [0.2, 0.25) is 0 Å². The van der Waals surface area contributed by atoms with Crippen LogP contribution in [0.3, 0.4) is 0 Å². The van der Waals surface area contributed by atoms with E-state index in [9.17, 15) is 13.2 Å². The molecule has 9 nitrogen and oxygen atoms in total. The maximum atomic E-state index is 13.3. The molecule has 1 aromatic carbocycles. The Balaban J connectivity index is 1.66. The molecule has 3 aromatic rings. The van der Waals surface area contributed by atoms with E-state index in [1.807, 2.05) is 11.5 Å². The first-order valence-corrected chi connectivity index (χ1v) is 12.4. The smallest absolute Gasteiger partial charge is 0.282 e. The first kappa shape index (κ1) is 17.8. The van der Waals surface area contributed by atoms with Gasteiger partial charge in [0, 0.05) is 33.9 Å². The lowest BCUT2D eigenvalue weighted by molar-refractivity contribution is 0.544. The normalized spacial score (nSPS) is 24.6. The molecule has 0 saturated heterocycles. The van der Waals surface area contributed by atoms with Crippen LogP contribution in [0.15, 0.2) is 34.2 Å². The highest BCUT2D eigenvalue weighted by atomic mass is 32.2. The number of hydrogen-bond donors (Lipinski definition) is 2. The van der Waals surface area contributed by atoms with Crippen LogP contribution in [-0.4, -0.2) is 39.3 Å². The van der Waals surface area contributed by atoms with E-state index in [0.717, 1.165) is 32.1 Å². The molecule has 2 fully saturated rings. The van der Waals surface area contributed by atoms with Crippen molar-refractivity contribution >= 4 is 26.9 Å². The van der Waals surface area contributed by atoms with Crippen molar-refractivity contribution in [3.8, 4) is 0 Å². The van der Waals surface area contributed by atoms with Crippen LogP contribution in [0.1, 0.15) is 58.9 Å². The monoisotopic (exact) mass is 456 g/mol. The summed E-state index contributed by atoms with van der Waals surface area (Å²) >= 11 is 0. The number of rotatable bonds is 5. The summed E-state index contributed by atoms with van der Waals surface area (Å²) in [6, 6.07) is 2.87. The van der Waals surface area contributed by atoms with Crippen LogP contribution in [0.25, 0.3) is 10.9 Å². The third kappa shape index (κ3) is 3.15. The molecule has 2 N–H and O–H groups in total. The summed E-state index contributed by atoms with van der Waals surface area (Å²) < 4.78 is 50.8. The van der Waals surface area contributed by atoms with Gasteiger partial charge in [0.15, 0.2) is 0 Å². The van der Waals surface area contributed by atoms with Gasteiger partial charge in [0.25, 0.3) is 5.56 Å². The predicted octanol–water partition coefficient (Wildman–Crippen LogP) is 2.07. The van der Waals surface area contributed by atoms with Crippen LogP contribution in [-0.2, 0) is 23.4 Å². The van der Waals surface area contributed by atoms with E-state index in [0.29, 0.717) is 11.5 Å². The molecule has 3 aliphatic rings. The zero-order chi connectivity index (χ0) is 24.0. The maximum Gasteiger partial charge on any atom is 0.282 e. The number of sulfonamides is 1. The standard InChI is InChI=1S/C22H26N6O3S/c1-22(6-7-22)26-32(30,31)15-9-14(8-13-11-23-27(2)12-13)19-16(10-15)20(29)25-21-24-17-4-3-5-18(17)28(19)21/h9-12,17-18,26H,3-8H2,1-2H3,(H,24,25,29)/i8D2. The molecule has 3 heterocycles. The average Bonchev–Trinajstić information content (AvgIpc) is 3.13. The zero-order valence-electron chi connectivity index (χ0n) is 19.9. The lowest BCUT2D eigenvalue weighted by Gasteiger charge is -2.19. The Morgan fingerprint density at radius 3 is 2.88 bits per heavy atom. The molecule has 1 aliphatic heterocycles. The second kappa shape index (κ2) is 6.64. The van der Waals surface area contributed by atoms with Gasteiger partial charge in [-0.1, -0.05) is 0 Å². The molecule has 32 heavy (non-hydrogen) atoms. The molecule has 2 aliphatic carbocycles. The zero-order valence-corrected chi connectivity index (χ0v) is 18.7. The molecule has 2 aromatic heterocycles. The van der Waals surface area contributed by atoms with E-state index in [4.69, 9.17) is 2.74 Å². The van der Waals surface area contributed by atoms with E-state index in [1.165, 1.54) is 23.0 Å². The number of aryl methyl sites for hydroxylation is 1. The van der Waals surface area contributed by atoms with Gasteiger partial charge in [0.1, 0.15) is 0 Å². The molecule has 2 atom stereocenters. The maximum absolute atomic E-state index is 13.3. The minimum absolute atomic E-state index is 0.0278. The fraction of sp³-hybridized carbons (Fsp3) is 0.500. The number of fused-ring (bicyclic) bond motifs is 5. The first-order chi connectivity index (χ1) is 16.0. The van der Waals surface area contributed by atoms with Gasteiger partial charge in [-0.3, -0.25) is 9.48 Å². The molecule has 2 saturated carbocycles. The number of aromatic nitrogens is 4. The van der Waals surface area contributed by atoms with Gasteiger partial charge in [0.05, 0.1) is 28.0 Å². The first-order valence-electron chi connectivity index (χ1n) is 11.9. The van der Waals surface area contributed by atoms with Gasteiger partial charge in [-0.05, 0) is 62.3 Å². The second-order valence-electron chi connectivity index (χ2n) is 9.42. The van der Waals surface area contributed by atoms with Crippen molar-refractivity contribution in [1.29, 1.82) is 0 Å². The highest BCUT2D eigenvalue weighted by Crippen LogP contribution is 2.42. The van der Waals surface area contributed by atoms with Crippen LogP contribution >= 0.6 is 0 Å². The average molecular weight is 457 g/mol. The van der Waals surface area contributed by atoms with E-state index in [2.05, 4.69) is 20.1 Å². The topological polar surface area (TPSA) is 111 Å². The molecular formula is C22H26N6O3S. The largest absolute Gasteiger partial charge is 0.351 e. The van der Waals surface area contributed by atoms with Crippen molar-refractivity contribution in [3.63, 3.8) is 0 Å². The van der Waals surface area contributed by atoms with Crippen molar-refractivity contribution in [3.05, 3.63) is 46.0 Å². The minimum atomic E-state index is -3.98. The van der Waals surface area contributed by atoms with Gasteiger partial charge < -0.3 is 9.88 Å². The SMILES string of the molecule is [2H]C([2H])(c1cnn(C)c1)c1cc(S(=O)(=O)NC2(C)CC2)cc2c(=O)nc3n(c12)C1CCCC1N3. The van der Waals surface area contributed by atoms with Gasteiger partial charge in [-0.2, -0.15) is 10.1 Å². The second-order valence-corrected chi connectivity index (χ2v) is 11.1. The molecular weight excluding hydrogens is 428 g/mol. The van der Waals surface area contributed by atoms with Crippen molar-refractivity contribution in [2.75, 3.05) is 5.32 Å². The molecule has 0 spiro atoms. The summed E-state index contributed by atoms with van der Waals surface area (Å²) in [7, 11) is -2.29.